The third kappa shape index (κ3) is 5.99. The molecule has 0 aromatic heterocycles. The minimum Gasteiger partial charge on any atom is -0.378 e. The van der Waals surface area contributed by atoms with E-state index in [0.29, 0.717) is 12.0 Å². The highest BCUT2D eigenvalue weighted by Gasteiger charge is 2.16. The van der Waals surface area contributed by atoms with Crippen molar-refractivity contribution in [2.24, 2.45) is 11.3 Å². The topological polar surface area (TPSA) is 33.0 Å². The molecule has 2 heteroatoms. The molecule has 0 aromatic rings. The first-order chi connectivity index (χ1) is 6.39. The van der Waals surface area contributed by atoms with Gasteiger partial charge in [-0.05, 0) is 39.5 Å². The van der Waals surface area contributed by atoms with E-state index in [1.165, 1.54) is 0 Å². The van der Waals surface area contributed by atoms with Crippen LogP contribution in [0, 0.1) is 22.7 Å². The number of ether oxygens (including phenoxy) is 1. The maximum absolute atomic E-state index is 8.80. The van der Waals surface area contributed by atoms with Gasteiger partial charge in [-0.3, -0.25) is 0 Å². The van der Waals surface area contributed by atoms with E-state index in [4.69, 9.17) is 10.00 Å². The van der Waals surface area contributed by atoms with Crippen LogP contribution in [-0.4, -0.2) is 12.7 Å². The normalized spacial score (nSPS) is 14.1. The van der Waals surface area contributed by atoms with E-state index in [0.717, 1.165) is 19.4 Å². The van der Waals surface area contributed by atoms with Gasteiger partial charge in [0.1, 0.15) is 0 Å². The van der Waals surface area contributed by atoms with Crippen molar-refractivity contribution < 1.29 is 4.74 Å². The molecule has 0 aromatic carbocycles. The first kappa shape index (κ1) is 13.4. The maximum Gasteiger partial charge on any atom is 0.0683 e. The standard InChI is InChI=1S/C12H23NO/c1-10(2)11(3)14-8-6-7-12(4,5)9-13/h10-11H,6-8H2,1-5H3. The summed E-state index contributed by atoms with van der Waals surface area (Å²) < 4.78 is 5.63. The SMILES string of the molecule is CC(C)C(C)OCCCC(C)(C)C#N. The molecular weight excluding hydrogens is 174 g/mol. The zero-order valence-corrected chi connectivity index (χ0v) is 10.1. The van der Waals surface area contributed by atoms with Crippen molar-refractivity contribution in [3.63, 3.8) is 0 Å². The average molecular weight is 197 g/mol. The molecule has 82 valence electrons. The molecule has 0 aliphatic carbocycles. The lowest BCUT2D eigenvalue weighted by atomic mass is 9.90. The molecule has 0 aliphatic rings. The monoisotopic (exact) mass is 197 g/mol. The quantitative estimate of drug-likeness (QED) is 0.611. The molecule has 0 fully saturated rings. The van der Waals surface area contributed by atoms with Crippen molar-refractivity contribution in [3.8, 4) is 6.07 Å². The van der Waals surface area contributed by atoms with E-state index < -0.39 is 0 Å². The van der Waals surface area contributed by atoms with Crippen LogP contribution in [0.2, 0.25) is 0 Å². The fourth-order valence-corrected chi connectivity index (χ4v) is 1.03. The molecule has 0 saturated carbocycles. The van der Waals surface area contributed by atoms with Crippen LogP contribution in [-0.2, 0) is 4.74 Å². The predicted molar refractivity (Wildman–Crippen MR) is 58.9 cm³/mol. The Kier molecular flexibility index (Phi) is 5.79. The zero-order valence-electron chi connectivity index (χ0n) is 10.1. The Morgan fingerprint density at radius 3 is 2.29 bits per heavy atom. The van der Waals surface area contributed by atoms with E-state index in [1.807, 2.05) is 13.8 Å². The lowest BCUT2D eigenvalue weighted by molar-refractivity contribution is 0.0310. The van der Waals surface area contributed by atoms with Gasteiger partial charge >= 0.3 is 0 Å². The summed E-state index contributed by atoms with van der Waals surface area (Å²) in [6.07, 6.45) is 2.20. The fourth-order valence-electron chi connectivity index (χ4n) is 1.03. The van der Waals surface area contributed by atoms with E-state index in [9.17, 15) is 0 Å². The number of nitrogens with zero attached hydrogens (tertiary/aromatic N) is 1. The van der Waals surface area contributed by atoms with Gasteiger partial charge in [0, 0.05) is 6.61 Å². The van der Waals surface area contributed by atoms with Crippen molar-refractivity contribution in [1.82, 2.24) is 0 Å². The molecule has 0 radical (unpaired) electrons. The summed E-state index contributed by atoms with van der Waals surface area (Å²) in [6.45, 7) is 11.1. The lowest BCUT2D eigenvalue weighted by Gasteiger charge is -2.18. The summed E-state index contributed by atoms with van der Waals surface area (Å²) in [4.78, 5) is 0. The summed E-state index contributed by atoms with van der Waals surface area (Å²) in [5, 5.41) is 8.80. The molecule has 0 amide bonds. The first-order valence-corrected chi connectivity index (χ1v) is 5.42. The smallest absolute Gasteiger partial charge is 0.0683 e. The predicted octanol–water partition coefficient (Wildman–Crippen LogP) is 3.38. The van der Waals surface area contributed by atoms with Gasteiger partial charge in [-0.25, -0.2) is 0 Å². The Labute approximate surface area is 88.3 Å². The molecule has 0 N–H and O–H groups in total. The molecule has 14 heavy (non-hydrogen) atoms. The van der Waals surface area contributed by atoms with Crippen LogP contribution in [0.5, 0.6) is 0 Å². The number of hydrogen-bond acceptors (Lipinski definition) is 2. The summed E-state index contributed by atoms with van der Waals surface area (Å²) in [7, 11) is 0. The Morgan fingerprint density at radius 2 is 1.86 bits per heavy atom. The summed E-state index contributed by atoms with van der Waals surface area (Å²) in [5.74, 6) is 0.568. The van der Waals surface area contributed by atoms with Crippen LogP contribution in [0.15, 0.2) is 0 Å². The number of nitriles is 1. The Balaban J connectivity index is 3.53. The summed E-state index contributed by atoms with van der Waals surface area (Å²) in [5.41, 5.74) is -0.204. The third-order valence-electron chi connectivity index (χ3n) is 2.57. The van der Waals surface area contributed by atoms with Crippen molar-refractivity contribution in [1.29, 1.82) is 5.26 Å². The average Bonchev–Trinajstić information content (AvgIpc) is 2.12. The molecule has 0 bridgehead atoms. The van der Waals surface area contributed by atoms with Gasteiger partial charge in [0.25, 0.3) is 0 Å². The second kappa shape index (κ2) is 6.03. The van der Waals surface area contributed by atoms with Gasteiger partial charge in [-0.15, -0.1) is 0 Å². The van der Waals surface area contributed by atoms with Gasteiger partial charge in [-0.2, -0.15) is 5.26 Å². The van der Waals surface area contributed by atoms with E-state index >= 15 is 0 Å². The number of rotatable bonds is 6. The van der Waals surface area contributed by atoms with Gasteiger partial charge in [-0.1, -0.05) is 13.8 Å². The first-order valence-electron chi connectivity index (χ1n) is 5.42. The minimum atomic E-state index is -0.204. The zero-order chi connectivity index (χ0) is 11.2. The van der Waals surface area contributed by atoms with Gasteiger partial charge in [0.2, 0.25) is 0 Å². The Morgan fingerprint density at radius 1 is 1.29 bits per heavy atom. The molecule has 0 spiro atoms. The molecule has 2 nitrogen and oxygen atoms in total. The molecule has 0 rings (SSSR count). The highest BCUT2D eigenvalue weighted by atomic mass is 16.5. The maximum atomic E-state index is 8.80. The fraction of sp³-hybridized carbons (Fsp3) is 0.917. The van der Waals surface area contributed by atoms with Gasteiger partial charge in [0.15, 0.2) is 0 Å². The van der Waals surface area contributed by atoms with Gasteiger partial charge < -0.3 is 4.74 Å². The molecule has 1 unspecified atom stereocenters. The molecule has 0 aliphatic heterocycles. The minimum absolute atomic E-state index is 0.204. The summed E-state index contributed by atoms with van der Waals surface area (Å²) >= 11 is 0. The molecular formula is C12H23NO. The largest absolute Gasteiger partial charge is 0.378 e. The molecule has 1 atom stereocenters. The van der Waals surface area contributed by atoms with Crippen molar-refractivity contribution in [3.05, 3.63) is 0 Å². The van der Waals surface area contributed by atoms with E-state index in [2.05, 4.69) is 26.8 Å². The van der Waals surface area contributed by atoms with Crippen LogP contribution in [0.3, 0.4) is 0 Å². The van der Waals surface area contributed by atoms with Crippen LogP contribution >= 0.6 is 0 Å². The van der Waals surface area contributed by atoms with Crippen LogP contribution < -0.4 is 0 Å². The van der Waals surface area contributed by atoms with Crippen LogP contribution in [0.1, 0.15) is 47.5 Å². The second-order valence-electron chi connectivity index (χ2n) is 4.92. The van der Waals surface area contributed by atoms with E-state index in [-0.39, 0.29) is 5.41 Å². The molecule has 0 saturated heterocycles. The highest BCUT2D eigenvalue weighted by molar-refractivity contribution is 4.91. The van der Waals surface area contributed by atoms with Crippen molar-refractivity contribution in [2.75, 3.05) is 6.61 Å². The van der Waals surface area contributed by atoms with Crippen molar-refractivity contribution in [2.45, 2.75) is 53.6 Å². The molecule has 0 heterocycles. The summed E-state index contributed by atoms with van der Waals surface area (Å²) in [6, 6.07) is 2.30. The van der Waals surface area contributed by atoms with E-state index in [1.54, 1.807) is 0 Å². The third-order valence-corrected chi connectivity index (χ3v) is 2.57. The van der Waals surface area contributed by atoms with Crippen molar-refractivity contribution >= 4 is 0 Å². The Hall–Kier alpha value is -0.550. The van der Waals surface area contributed by atoms with Gasteiger partial charge in [0.05, 0.1) is 17.6 Å². The highest BCUT2D eigenvalue weighted by Crippen LogP contribution is 2.20. The number of hydrogen-bond donors (Lipinski definition) is 0. The van der Waals surface area contributed by atoms with Crippen LogP contribution in [0.25, 0.3) is 0 Å². The Bertz CT molecular complexity index is 191. The lowest BCUT2D eigenvalue weighted by Crippen LogP contribution is -2.17. The second-order valence-corrected chi connectivity index (χ2v) is 4.92. The van der Waals surface area contributed by atoms with Crippen LogP contribution in [0.4, 0.5) is 0 Å².